The SMILES string of the molecule is Cn1c2c(c3c1C=CC#CC3)C=[N+]=C2. The van der Waals surface area contributed by atoms with Crippen LogP contribution in [0.2, 0.25) is 0 Å². The number of fused-ring (bicyclic) bond motifs is 3. The minimum atomic E-state index is 0.825. The summed E-state index contributed by atoms with van der Waals surface area (Å²) in [5.41, 5.74) is 4.99. The zero-order valence-corrected chi connectivity index (χ0v) is 7.91. The molecule has 0 radical (unpaired) electrons. The molecule has 3 rings (SSSR count). The van der Waals surface area contributed by atoms with Gasteiger partial charge in [0.2, 0.25) is 0 Å². The highest BCUT2D eigenvalue weighted by molar-refractivity contribution is 6.02. The Morgan fingerprint density at radius 1 is 1.36 bits per heavy atom. The van der Waals surface area contributed by atoms with Crippen molar-refractivity contribution in [3.8, 4) is 11.8 Å². The van der Waals surface area contributed by atoms with E-state index in [1.807, 2.05) is 18.5 Å². The molecule has 0 saturated heterocycles. The lowest BCUT2D eigenvalue weighted by Gasteiger charge is -1.98. The lowest BCUT2D eigenvalue weighted by atomic mass is 10.1. The molecule has 0 bridgehead atoms. The predicted molar refractivity (Wildman–Crippen MR) is 58.4 cm³/mol. The van der Waals surface area contributed by atoms with E-state index in [1.165, 1.54) is 22.5 Å². The van der Waals surface area contributed by atoms with Crippen LogP contribution in [0.5, 0.6) is 0 Å². The second-order valence-electron chi connectivity index (χ2n) is 3.46. The van der Waals surface area contributed by atoms with Crippen molar-refractivity contribution in [2.24, 2.45) is 7.05 Å². The zero-order chi connectivity index (χ0) is 9.54. The third-order valence-corrected chi connectivity index (χ3v) is 2.73. The quantitative estimate of drug-likeness (QED) is 0.417. The Morgan fingerprint density at radius 2 is 2.29 bits per heavy atom. The van der Waals surface area contributed by atoms with E-state index in [-0.39, 0.29) is 0 Å². The van der Waals surface area contributed by atoms with Crippen LogP contribution in [0.4, 0.5) is 0 Å². The lowest BCUT2D eigenvalue weighted by molar-refractivity contribution is 0.901. The third kappa shape index (κ3) is 0.797. The van der Waals surface area contributed by atoms with Gasteiger partial charge in [-0.3, -0.25) is 0 Å². The maximum atomic E-state index is 4.17. The third-order valence-electron chi connectivity index (χ3n) is 2.73. The molecule has 66 valence electrons. The number of rotatable bonds is 0. The highest BCUT2D eigenvalue weighted by Gasteiger charge is 2.24. The number of allylic oxidation sites excluding steroid dienone is 1. The van der Waals surface area contributed by atoms with Gasteiger partial charge in [-0.25, -0.2) is 0 Å². The topological polar surface area (TPSA) is 19.0 Å². The fourth-order valence-corrected chi connectivity index (χ4v) is 2.01. The second kappa shape index (κ2) is 2.51. The summed E-state index contributed by atoms with van der Waals surface area (Å²) in [4.78, 5) is 0. The molecule has 0 atom stereocenters. The fourth-order valence-electron chi connectivity index (χ4n) is 2.01. The average Bonchev–Trinajstić information content (AvgIpc) is 2.65. The molecule has 14 heavy (non-hydrogen) atoms. The van der Waals surface area contributed by atoms with Gasteiger partial charge < -0.3 is 4.57 Å². The number of nitrogens with zero attached hydrogens (tertiary/aromatic N) is 2. The van der Waals surface area contributed by atoms with Crippen molar-refractivity contribution >= 4 is 18.5 Å². The van der Waals surface area contributed by atoms with Crippen LogP contribution in [0.15, 0.2) is 6.08 Å². The monoisotopic (exact) mass is 181 g/mol. The van der Waals surface area contributed by atoms with Gasteiger partial charge >= 0.3 is 12.4 Å². The molecular weight excluding hydrogens is 172 g/mol. The Kier molecular flexibility index (Phi) is 1.33. The van der Waals surface area contributed by atoms with Gasteiger partial charge in [-0.15, -0.1) is 0 Å². The first-order chi connectivity index (χ1) is 6.88. The van der Waals surface area contributed by atoms with E-state index in [2.05, 4.69) is 34.2 Å². The van der Waals surface area contributed by atoms with Gasteiger partial charge in [-0.05, 0) is 12.2 Å². The summed E-state index contributed by atoms with van der Waals surface area (Å²) in [5.74, 6) is 6.12. The van der Waals surface area contributed by atoms with Crippen molar-refractivity contribution in [1.82, 2.24) is 9.24 Å². The van der Waals surface area contributed by atoms with Gasteiger partial charge in [-0.2, -0.15) is 0 Å². The van der Waals surface area contributed by atoms with Crippen molar-refractivity contribution in [1.29, 1.82) is 0 Å². The number of aromatic nitrogens is 1. The average molecular weight is 181 g/mol. The Morgan fingerprint density at radius 3 is 3.21 bits per heavy atom. The van der Waals surface area contributed by atoms with Gasteiger partial charge in [0.1, 0.15) is 5.69 Å². The van der Waals surface area contributed by atoms with Gasteiger partial charge in [0.15, 0.2) is 0 Å². The summed E-state index contributed by atoms with van der Waals surface area (Å²) in [6, 6.07) is 0. The maximum Gasteiger partial charge on any atom is 0.316 e. The molecule has 1 aliphatic carbocycles. The van der Waals surface area contributed by atoms with Crippen LogP contribution in [0.3, 0.4) is 0 Å². The standard InChI is InChI=1S/C12H9N2/c1-14-11-6-4-2-3-5-9(11)10-7-13-8-12(10)14/h4,6-8H,5H2,1H3/q+1. The number of hydrogen-bond donors (Lipinski definition) is 0. The summed E-state index contributed by atoms with van der Waals surface area (Å²) < 4.78 is 6.34. The minimum absolute atomic E-state index is 0.825. The molecule has 2 nitrogen and oxygen atoms in total. The molecule has 1 aliphatic heterocycles. The van der Waals surface area contributed by atoms with Crippen LogP contribution in [0.25, 0.3) is 6.08 Å². The number of hydrogen-bond acceptors (Lipinski definition) is 0. The lowest BCUT2D eigenvalue weighted by Crippen LogP contribution is -1.97. The maximum absolute atomic E-state index is 4.17. The Bertz CT molecular complexity index is 568. The summed E-state index contributed by atoms with van der Waals surface area (Å²) in [5, 5.41) is 0. The van der Waals surface area contributed by atoms with E-state index < -0.39 is 0 Å². The zero-order valence-electron chi connectivity index (χ0n) is 7.91. The highest BCUT2D eigenvalue weighted by atomic mass is 15.0. The molecule has 0 saturated carbocycles. The normalized spacial score (nSPS) is 14.6. The van der Waals surface area contributed by atoms with Crippen LogP contribution >= 0.6 is 0 Å². The van der Waals surface area contributed by atoms with E-state index in [1.54, 1.807) is 0 Å². The van der Waals surface area contributed by atoms with Gasteiger partial charge in [0.25, 0.3) is 0 Å². The highest BCUT2D eigenvalue weighted by Crippen LogP contribution is 2.23. The summed E-state index contributed by atoms with van der Waals surface area (Å²) in [6.45, 7) is 0. The molecule has 0 spiro atoms. The minimum Gasteiger partial charge on any atom is -0.338 e. The molecule has 2 heteroatoms. The van der Waals surface area contributed by atoms with Crippen LogP contribution in [0.1, 0.15) is 22.5 Å². The second-order valence-corrected chi connectivity index (χ2v) is 3.46. The van der Waals surface area contributed by atoms with E-state index in [0.29, 0.717) is 0 Å². The van der Waals surface area contributed by atoms with Crippen molar-refractivity contribution in [2.75, 3.05) is 0 Å². The molecule has 1 aromatic heterocycles. The molecule has 0 N–H and O–H groups in total. The molecule has 0 amide bonds. The van der Waals surface area contributed by atoms with E-state index in [9.17, 15) is 0 Å². The molecule has 0 unspecified atom stereocenters. The summed E-state index contributed by atoms with van der Waals surface area (Å²) in [6.07, 6.45) is 8.65. The molecular formula is C12H9N2+. The van der Waals surface area contributed by atoms with Crippen molar-refractivity contribution in [3.63, 3.8) is 0 Å². The van der Waals surface area contributed by atoms with E-state index >= 15 is 0 Å². The van der Waals surface area contributed by atoms with Gasteiger partial charge in [-0.1, -0.05) is 16.5 Å². The smallest absolute Gasteiger partial charge is 0.316 e. The van der Waals surface area contributed by atoms with Gasteiger partial charge in [0.05, 0.1) is 5.56 Å². The van der Waals surface area contributed by atoms with Crippen molar-refractivity contribution in [3.05, 3.63) is 28.6 Å². The Labute approximate surface area is 82.3 Å². The summed E-state index contributed by atoms with van der Waals surface area (Å²) in [7, 11) is 2.07. The molecule has 2 heterocycles. The molecule has 1 aromatic rings. The molecule has 0 aromatic carbocycles. The Balaban J connectivity index is 2.34. The largest absolute Gasteiger partial charge is 0.338 e. The van der Waals surface area contributed by atoms with Crippen LogP contribution in [0, 0.1) is 11.8 Å². The molecule has 0 fully saturated rings. The van der Waals surface area contributed by atoms with Crippen LogP contribution < -0.4 is 4.67 Å². The van der Waals surface area contributed by atoms with E-state index in [4.69, 9.17) is 0 Å². The first-order valence-electron chi connectivity index (χ1n) is 4.61. The fraction of sp³-hybridized carbons (Fsp3) is 0.167. The van der Waals surface area contributed by atoms with Crippen LogP contribution in [-0.4, -0.2) is 17.0 Å². The first kappa shape index (κ1) is 7.44. The van der Waals surface area contributed by atoms with Crippen LogP contribution in [-0.2, 0) is 13.5 Å². The van der Waals surface area contributed by atoms with E-state index in [0.717, 1.165) is 6.42 Å². The Hall–Kier alpha value is -1.97. The van der Waals surface area contributed by atoms with Crippen molar-refractivity contribution in [2.45, 2.75) is 6.42 Å². The first-order valence-corrected chi connectivity index (χ1v) is 4.61. The summed E-state index contributed by atoms with van der Waals surface area (Å²) >= 11 is 0. The van der Waals surface area contributed by atoms with Gasteiger partial charge in [0, 0.05) is 24.7 Å². The predicted octanol–water partition coefficient (Wildman–Crippen LogP) is 0.516. The molecule has 2 aliphatic rings. The van der Waals surface area contributed by atoms with Crippen molar-refractivity contribution < 1.29 is 0 Å².